The van der Waals surface area contributed by atoms with Crippen LogP contribution >= 0.6 is 27.7 Å². The van der Waals surface area contributed by atoms with E-state index in [1.165, 1.54) is 11.8 Å². The summed E-state index contributed by atoms with van der Waals surface area (Å²) >= 11 is 4.62. The van der Waals surface area contributed by atoms with Gasteiger partial charge < -0.3 is 15.4 Å². The Labute approximate surface area is 159 Å². The molecule has 132 valence electrons. The molecule has 0 aliphatic heterocycles. The fraction of sp³-hybridized carbons (Fsp3) is 0.222. The van der Waals surface area contributed by atoms with Gasteiger partial charge in [0, 0.05) is 10.2 Å². The quantitative estimate of drug-likeness (QED) is 0.608. The highest BCUT2D eigenvalue weighted by Crippen LogP contribution is 2.16. The molecule has 0 fully saturated rings. The van der Waals surface area contributed by atoms with Crippen LogP contribution in [0.25, 0.3) is 0 Å². The zero-order valence-corrected chi connectivity index (χ0v) is 15.9. The molecule has 7 heteroatoms. The first-order valence-corrected chi connectivity index (χ1v) is 9.66. The molecular formula is C18H19BrN2O3S. The van der Waals surface area contributed by atoms with Gasteiger partial charge in [-0.05, 0) is 30.3 Å². The van der Waals surface area contributed by atoms with Gasteiger partial charge in [-0.1, -0.05) is 40.2 Å². The number of para-hydroxylation sites is 1. The van der Waals surface area contributed by atoms with Gasteiger partial charge in [0.15, 0.2) is 0 Å². The van der Waals surface area contributed by atoms with E-state index in [0.29, 0.717) is 13.2 Å². The van der Waals surface area contributed by atoms with Gasteiger partial charge in [0.25, 0.3) is 0 Å². The van der Waals surface area contributed by atoms with E-state index in [-0.39, 0.29) is 23.3 Å². The van der Waals surface area contributed by atoms with Crippen LogP contribution in [0.5, 0.6) is 5.75 Å². The Morgan fingerprint density at radius 2 is 1.76 bits per heavy atom. The maximum absolute atomic E-state index is 11.8. The number of nitrogens with one attached hydrogen (secondary N) is 2. The van der Waals surface area contributed by atoms with E-state index < -0.39 is 0 Å². The van der Waals surface area contributed by atoms with Crippen LogP contribution in [0.3, 0.4) is 0 Å². The molecule has 0 atom stereocenters. The van der Waals surface area contributed by atoms with Gasteiger partial charge in [-0.2, -0.15) is 0 Å². The number of rotatable bonds is 9. The summed E-state index contributed by atoms with van der Waals surface area (Å²) in [7, 11) is 0. The number of carbonyl (C=O) groups is 2. The summed E-state index contributed by atoms with van der Waals surface area (Å²) in [5.41, 5.74) is 0.725. The average Bonchev–Trinajstić information content (AvgIpc) is 2.60. The SMILES string of the molecule is O=C(CSCC(=O)Nc1cccc(Br)c1)NCCOc1ccccc1. The molecule has 2 N–H and O–H groups in total. The molecule has 0 aliphatic rings. The Kier molecular flexibility index (Phi) is 8.34. The zero-order valence-electron chi connectivity index (χ0n) is 13.5. The highest BCUT2D eigenvalue weighted by molar-refractivity contribution is 9.10. The molecule has 0 heterocycles. The second-order valence-corrected chi connectivity index (χ2v) is 6.96. The van der Waals surface area contributed by atoms with Crippen molar-refractivity contribution in [1.29, 1.82) is 0 Å². The maximum atomic E-state index is 11.8. The summed E-state index contributed by atoms with van der Waals surface area (Å²) in [6.45, 7) is 0.836. The molecule has 2 amide bonds. The molecule has 0 bridgehead atoms. The number of benzene rings is 2. The number of halogens is 1. The molecule has 2 aromatic rings. The van der Waals surface area contributed by atoms with E-state index >= 15 is 0 Å². The Bertz CT molecular complexity index is 698. The molecule has 0 unspecified atom stereocenters. The van der Waals surface area contributed by atoms with Gasteiger partial charge in [-0.15, -0.1) is 11.8 Å². The maximum Gasteiger partial charge on any atom is 0.234 e. The Morgan fingerprint density at radius 3 is 2.52 bits per heavy atom. The Balaban J connectivity index is 1.55. The normalized spacial score (nSPS) is 10.1. The molecule has 2 aromatic carbocycles. The number of carbonyl (C=O) groups excluding carboxylic acids is 2. The summed E-state index contributed by atoms with van der Waals surface area (Å²) in [4.78, 5) is 23.5. The van der Waals surface area contributed by atoms with E-state index in [4.69, 9.17) is 4.74 Å². The average molecular weight is 423 g/mol. The van der Waals surface area contributed by atoms with E-state index in [9.17, 15) is 9.59 Å². The lowest BCUT2D eigenvalue weighted by atomic mass is 10.3. The fourth-order valence-electron chi connectivity index (χ4n) is 1.93. The first kappa shape index (κ1) is 19.3. The number of anilines is 1. The van der Waals surface area contributed by atoms with Crippen molar-refractivity contribution in [2.24, 2.45) is 0 Å². The van der Waals surface area contributed by atoms with Crippen molar-refractivity contribution in [2.45, 2.75) is 0 Å². The third kappa shape index (κ3) is 8.09. The number of ether oxygens (including phenoxy) is 1. The highest BCUT2D eigenvalue weighted by Gasteiger charge is 2.06. The van der Waals surface area contributed by atoms with Crippen LogP contribution in [-0.4, -0.2) is 36.5 Å². The molecule has 0 radical (unpaired) electrons. The van der Waals surface area contributed by atoms with Crippen molar-refractivity contribution < 1.29 is 14.3 Å². The topological polar surface area (TPSA) is 67.4 Å². The van der Waals surface area contributed by atoms with Crippen LogP contribution in [0, 0.1) is 0 Å². The van der Waals surface area contributed by atoms with Crippen LogP contribution in [-0.2, 0) is 9.59 Å². The summed E-state index contributed by atoms with van der Waals surface area (Å²) in [5.74, 6) is 0.980. The predicted octanol–water partition coefficient (Wildman–Crippen LogP) is 3.32. The minimum atomic E-state index is -0.136. The van der Waals surface area contributed by atoms with E-state index in [2.05, 4.69) is 26.6 Å². The highest BCUT2D eigenvalue weighted by atomic mass is 79.9. The molecular weight excluding hydrogens is 404 g/mol. The number of hydrogen-bond donors (Lipinski definition) is 2. The standard InChI is InChI=1S/C18H19BrN2O3S/c19-14-5-4-6-15(11-14)21-18(23)13-25-12-17(22)20-9-10-24-16-7-2-1-3-8-16/h1-8,11H,9-10,12-13H2,(H,20,22)(H,21,23). The third-order valence-corrected chi connectivity index (χ3v) is 4.44. The molecule has 0 aromatic heterocycles. The van der Waals surface area contributed by atoms with Crippen molar-refractivity contribution in [3.63, 3.8) is 0 Å². The summed E-state index contributed by atoms with van der Waals surface area (Å²) in [6.07, 6.45) is 0. The van der Waals surface area contributed by atoms with E-state index in [1.54, 1.807) is 0 Å². The summed E-state index contributed by atoms with van der Waals surface area (Å²) < 4.78 is 6.38. The molecule has 0 spiro atoms. The fourth-order valence-corrected chi connectivity index (χ4v) is 2.97. The second-order valence-electron chi connectivity index (χ2n) is 5.06. The van der Waals surface area contributed by atoms with Crippen molar-refractivity contribution in [3.05, 3.63) is 59.1 Å². The number of amides is 2. The van der Waals surface area contributed by atoms with Gasteiger partial charge in [-0.3, -0.25) is 9.59 Å². The molecule has 25 heavy (non-hydrogen) atoms. The first-order valence-electron chi connectivity index (χ1n) is 7.71. The second kappa shape index (κ2) is 10.8. The van der Waals surface area contributed by atoms with Crippen LogP contribution in [0.1, 0.15) is 0 Å². The Morgan fingerprint density at radius 1 is 1.00 bits per heavy atom. The minimum absolute atomic E-state index is 0.114. The smallest absolute Gasteiger partial charge is 0.234 e. The van der Waals surface area contributed by atoms with E-state index in [1.807, 2.05) is 54.6 Å². The first-order chi connectivity index (χ1) is 12.1. The lowest BCUT2D eigenvalue weighted by Gasteiger charge is -2.08. The predicted molar refractivity (Wildman–Crippen MR) is 105 cm³/mol. The van der Waals surface area contributed by atoms with Crippen LogP contribution < -0.4 is 15.4 Å². The Hall–Kier alpha value is -1.99. The summed E-state index contributed by atoms with van der Waals surface area (Å²) in [6, 6.07) is 16.8. The van der Waals surface area contributed by atoms with E-state index in [0.717, 1.165) is 15.9 Å². The van der Waals surface area contributed by atoms with Gasteiger partial charge in [0.1, 0.15) is 12.4 Å². The van der Waals surface area contributed by atoms with Gasteiger partial charge in [0.05, 0.1) is 18.1 Å². The van der Waals surface area contributed by atoms with Crippen LogP contribution in [0.2, 0.25) is 0 Å². The molecule has 5 nitrogen and oxygen atoms in total. The summed E-state index contributed by atoms with van der Waals surface area (Å²) in [5, 5.41) is 5.55. The molecule has 2 rings (SSSR count). The van der Waals surface area contributed by atoms with Gasteiger partial charge >= 0.3 is 0 Å². The van der Waals surface area contributed by atoms with Gasteiger partial charge in [0.2, 0.25) is 11.8 Å². The number of thioether (sulfide) groups is 1. The lowest BCUT2D eigenvalue weighted by Crippen LogP contribution is -2.30. The number of hydrogen-bond acceptors (Lipinski definition) is 4. The van der Waals surface area contributed by atoms with Crippen molar-refractivity contribution in [2.75, 3.05) is 30.0 Å². The van der Waals surface area contributed by atoms with Gasteiger partial charge in [-0.25, -0.2) is 0 Å². The minimum Gasteiger partial charge on any atom is -0.492 e. The lowest BCUT2D eigenvalue weighted by molar-refractivity contribution is -0.118. The molecule has 0 saturated heterocycles. The van der Waals surface area contributed by atoms with Crippen molar-refractivity contribution in [3.8, 4) is 5.75 Å². The largest absolute Gasteiger partial charge is 0.492 e. The van der Waals surface area contributed by atoms with Crippen LogP contribution in [0.15, 0.2) is 59.1 Å². The van der Waals surface area contributed by atoms with Crippen LogP contribution in [0.4, 0.5) is 5.69 Å². The third-order valence-electron chi connectivity index (χ3n) is 3.01. The zero-order chi connectivity index (χ0) is 17.9. The van der Waals surface area contributed by atoms with Crippen molar-refractivity contribution >= 4 is 45.2 Å². The molecule has 0 saturated carbocycles. The monoisotopic (exact) mass is 422 g/mol. The van der Waals surface area contributed by atoms with Crippen molar-refractivity contribution in [1.82, 2.24) is 5.32 Å². The molecule has 0 aliphatic carbocycles.